The third-order valence-electron chi connectivity index (χ3n) is 4.90. The Balaban J connectivity index is 1.64. The van der Waals surface area contributed by atoms with Crippen LogP contribution in [0.15, 0.2) is 41.3 Å². The molecule has 1 fully saturated rings. The molecule has 5 heteroatoms. The Morgan fingerprint density at radius 1 is 1.27 bits per heavy atom. The summed E-state index contributed by atoms with van der Waals surface area (Å²) in [5.41, 5.74) is 2.64. The summed E-state index contributed by atoms with van der Waals surface area (Å²) in [6, 6.07) is 9.85. The summed E-state index contributed by atoms with van der Waals surface area (Å²) in [7, 11) is 0. The SMILES string of the molecule is Cc1c[nH]c(CN(CCOc2ccccc2)C[C@@H]2CCCO2)c(C)c1=O. The van der Waals surface area contributed by atoms with E-state index in [-0.39, 0.29) is 11.5 Å². The highest BCUT2D eigenvalue weighted by atomic mass is 16.5. The number of pyridine rings is 1. The topological polar surface area (TPSA) is 54.6 Å². The van der Waals surface area contributed by atoms with Gasteiger partial charge in [0, 0.05) is 49.3 Å². The van der Waals surface area contributed by atoms with E-state index in [1.165, 1.54) is 0 Å². The summed E-state index contributed by atoms with van der Waals surface area (Å²) in [6.07, 6.45) is 4.29. The van der Waals surface area contributed by atoms with Gasteiger partial charge in [0.2, 0.25) is 0 Å². The minimum absolute atomic E-state index is 0.122. The molecule has 0 unspecified atom stereocenters. The number of aryl methyl sites for hydroxylation is 1. The van der Waals surface area contributed by atoms with Gasteiger partial charge in [-0.1, -0.05) is 18.2 Å². The molecule has 0 amide bonds. The van der Waals surface area contributed by atoms with Crippen LogP contribution in [0.4, 0.5) is 0 Å². The smallest absolute Gasteiger partial charge is 0.187 e. The van der Waals surface area contributed by atoms with E-state index in [9.17, 15) is 4.79 Å². The maximum atomic E-state index is 12.2. The zero-order valence-electron chi connectivity index (χ0n) is 15.7. The highest BCUT2D eigenvalue weighted by Gasteiger charge is 2.20. The van der Waals surface area contributed by atoms with Crippen molar-refractivity contribution >= 4 is 0 Å². The molecular weight excluding hydrogens is 328 g/mol. The van der Waals surface area contributed by atoms with E-state index in [4.69, 9.17) is 9.47 Å². The quantitative estimate of drug-likeness (QED) is 0.790. The number of nitrogens with zero attached hydrogens (tertiary/aromatic N) is 1. The number of aromatic nitrogens is 1. The maximum Gasteiger partial charge on any atom is 0.187 e. The van der Waals surface area contributed by atoms with Crippen LogP contribution in [0.2, 0.25) is 0 Å². The van der Waals surface area contributed by atoms with E-state index < -0.39 is 0 Å². The molecule has 26 heavy (non-hydrogen) atoms. The lowest BCUT2D eigenvalue weighted by atomic mass is 10.1. The standard InChI is InChI=1S/C21H28N2O3/c1-16-13-22-20(17(2)21(16)24)15-23(14-19-9-6-11-25-19)10-12-26-18-7-4-3-5-8-18/h3-5,7-8,13,19H,6,9-12,14-15H2,1-2H3,(H,22,24)/t19-/m0/s1. The Hall–Kier alpha value is -2.11. The average molecular weight is 356 g/mol. The summed E-state index contributed by atoms with van der Waals surface area (Å²) >= 11 is 0. The van der Waals surface area contributed by atoms with Crippen molar-refractivity contribution < 1.29 is 9.47 Å². The molecule has 1 N–H and O–H groups in total. The van der Waals surface area contributed by atoms with Crippen molar-refractivity contribution in [2.75, 3.05) is 26.3 Å². The predicted octanol–water partition coefficient (Wildman–Crippen LogP) is 3.05. The largest absolute Gasteiger partial charge is 0.492 e. The number of nitrogens with one attached hydrogen (secondary N) is 1. The zero-order valence-corrected chi connectivity index (χ0v) is 15.7. The second-order valence-electron chi connectivity index (χ2n) is 6.94. The maximum absolute atomic E-state index is 12.2. The molecule has 5 nitrogen and oxygen atoms in total. The van der Waals surface area contributed by atoms with Crippen LogP contribution in [0.1, 0.15) is 29.7 Å². The number of hydrogen-bond acceptors (Lipinski definition) is 4. The Morgan fingerprint density at radius 3 is 2.81 bits per heavy atom. The first kappa shape index (κ1) is 18.7. The second kappa shape index (κ2) is 9.01. The van der Waals surface area contributed by atoms with Crippen LogP contribution in [0.5, 0.6) is 5.75 Å². The van der Waals surface area contributed by atoms with Crippen LogP contribution >= 0.6 is 0 Å². The number of para-hydroxylation sites is 1. The molecule has 1 aromatic heterocycles. The van der Waals surface area contributed by atoms with Gasteiger partial charge in [-0.3, -0.25) is 9.69 Å². The molecule has 3 rings (SSSR count). The first-order valence-electron chi connectivity index (χ1n) is 9.33. The van der Waals surface area contributed by atoms with Crippen molar-refractivity contribution in [3.05, 3.63) is 63.6 Å². The fourth-order valence-electron chi connectivity index (χ4n) is 3.31. The lowest BCUT2D eigenvalue weighted by molar-refractivity contribution is 0.0649. The minimum Gasteiger partial charge on any atom is -0.492 e. The van der Waals surface area contributed by atoms with E-state index in [1.54, 1.807) is 6.20 Å². The third kappa shape index (κ3) is 4.96. The van der Waals surface area contributed by atoms with E-state index in [0.29, 0.717) is 13.2 Å². The number of aromatic amines is 1. The lowest BCUT2D eigenvalue weighted by Gasteiger charge is -2.25. The molecule has 2 aromatic rings. The van der Waals surface area contributed by atoms with Gasteiger partial charge in [-0.05, 0) is 38.8 Å². The second-order valence-corrected chi connectivity index (χ2v) is 6.94. The van der Waals surface area contributed by atoms with Gasteiger partial charge in [0.05, 0.1) is 6.10 Å². The lowest BCUT2D eigenvalue weighted by Crippen LogP contribution is -2.36. The Kier molecular flexibility index (Phi) is 6.47. The number of ether oxygens (including phenoxy) is 2. The molecule has 1 aliphatic heterocycles. The molecule has 0 aliphatic carbocycles. The third-order valence-corrected chi connectivity index (χ3v) is 4.90. The summed E-state index contributed by atoms with van der Waals surface area (Å²) in [4.78, 5) is 17.8. The molecular formula is C21H28N2O3. The van der Waals surface area contributed by atoms with Crippen LogP contribution in [0.25, 0.3) is 0 Å². The van der Waals surface area contributed by atoms with Gasteiger partial charge < -0.3 is 14.5 Å². The Bertz CT molecular complexity index is 752. The van der Waals surface area contributed by atoms with Gasteiger partial charge in [-0.2, -0.15) is 0 Å². The highest BCUT2D eigenvalue weighted by molar-refractivity contribution is 5.23. The molecule has 2 heterocycles. The first-order valence-corrected chi connectivity index (χ1v) is 9.33. The van der Waals surface area contributed by atoms with Crippen molar-refractivity contribution in [2.45, 2.75) is 39.3 Å². The van der Waals surface area contributed by atoms with E-state index in [1.807, 2.05) is 44.2 Å². The van der Waals surface area contributed by atoms with Crippen LogP contribution in [-0.4, -0.2) is 42.3 Å². The summed E-state index contributed by atoms with van der Waals surface area (Å²) in [5, 5.41) is 0. The number of benzene rings is 1. The fraction of sp³-hybridized carbons (Fsp3) is 0.476. The van der Waals surface area contributed by atoms with Crippen molar-refractivity contribution in [2.24, 2.45) is 0 Å². The van der Waals surface area contributed by atoms with E-state index in [2.05, 4.69) is 9.88 Å². The van der Waals surface area contributed by atoms with Crippen molar-refractivity contribution in [1.82, 2.24) is 9.88 Å². The molecule has 0 radical (unpaired) electrons. The van der Waals surface area contributed by atoms with E-state index >= 15 is 0 Å². The normalized spacial score (nSPS) is 17.0. The Morgan fingerprint density at radius 2 is 2.08 bits per heavy atom. The van der Waals surface area contributed by atoms with Crippen LogP contribution in [0, 0.1) is 13.8 Å². The average Bonchev–Trinajstić information content (AvgIpc) is 3.16. The molecule has 0 saturated carbocycles. The number of H-pyrrole nitrogens is 1. The molecule has 1 atom stereocenters. The molecule has 0 spiro atoms. The van der Waals surface area contributed by atoms with Gasteiger partial charge in [0.25, 0.3) is 0 Å². The van der Waals surface area contributed by atoms with Crippen molar-refractivity contribution in [3.63, 3.8) is 0 Å². The summed E-state index contributed by atoms with van der Waals surface area (Å²) < 4.78 is 11.7. The molecule has 1 aromatic carbocycles. The first-order chi connectivity index (χ1) is 12.6. The van der Waals surface area contributed by atoms with Crippen molar-refractivity contribution in [1.29, 1.82) is 0 Å². The van der Waals surface area contributed by atoms with Gasteiger partial charge in [0.1, 0.15) is 12.4 Å². The molecule has 1 saturated heterocycles. The van der Waals surface area contributed by atoms with Gasteiger partial charge in [0.15, 0.2) is 5.43 Å². The zero-order chi connectivity index (χ0) is 18.4. The van der Waals surface area contributed by atoms with Crippen LogP contribution < -0.4 is 10.2 Å². The predicted molar refractivity (Wildman–Crippen MR) is 103 cm³/mol. The van der Waals surface area contributed by atoms with Gasteiger partial charge >= 0.3 is 0 Å². The minimum atomic E-state index is 0.122. The molecule has 140 valence electrons. The highest BCUT2D eigenvalue weighted by Crippen LogP contribution is 2.16. The van der Waals surface area contributed by atoms with Crippen LogP contribution in [-0.2, 0) is 11.3 Å². The molecule has 1 aliphatic rings. The molecule has 0 bridgehead atoms. The van der Waals surface area contributed by atoms with Gasteiger partial charge in [-0.25, -0.2) is 0 Å². The summed E-state index contributed by atoms with van der Waals surface area (Å²) in [6.45, 7) is 7.52. The fourth-order valence-corrected chi connectivity index (χ4v) is 3.31. The summed E-state index contributed by atoms with van der Waals surface area (Å²) in [5.74, 6) is 0.879. The van der Waals surface area contributed by atoms with Gasteiger partial charge in [-0.15, -0.1) is 0 Å². The Labute approximate surface area is 155 Å². The number of hydrogen-bond donors (Lipinski definition) is 1. The van der Waals surface area contributed by atoms with E-state index in [0.717, 1.165) is 55.1 Å². The van der Waals surface area contributed by atoms with Crippen molar-refractivity contribution in [3.8, 4) is 5.75 Å². The monoisotopic (exact) mass is 356 g/mol. The number of rotatable bonds is 8. The van der Waals surface area contributed by atoms with Crippen LogP contribution in [0.3, 0.4) is 0 Å².